The minimum atomic E-state index is -0.255. The summed E-state index contributed by atoms with van der Waals surface area (Å²) in [5, 5.41) is 21.9. The van der Waals surface area contributed by atoms with Gasteiger partial charge in [-0.1, -0.05) is 47.5 Å². The van der Waals surface area contributed by atoms with Crippen molar-refractivity contribution in [3.8, 4) is 0 Å². The number of Topliss-reactive ketones (excluding diaryl/α,β-unsaturated/α-hetero) is 1. The van der Waals surface area contributed by atoms with Gasteiger partial charge < -0.3 is 16.6 Å². The fourth-order valence-corrected chi connectivity index (χ4v) is 6.40. The molecule has 0 aliphatic heterocycles. The average Bonchev–Trinajstić information content (AvgIpc) is 3.54. The van der Waals surface area contributed by atoms with E-state index in [9.17, 15) is 9.90 Å². The Bertz CT molecular complexity index is 2080. The number of carbonyl (C=O) groups excluding carboxylic acids is 1. The van der Waals surface area contributed by atoms with Crippen LogP contribution in [0.1, 0.15) is 60.3 Å². The lowest BCUT2D eigenvalue weighted by Crippen LogP contribution is -2.31. The summed E-state index contributed by atoms with van der Waals surface area (Å²) < 4.78 is 3.69. The molecule has 0 atom stereocenters. The van der Waals surface area contributed by atoms with E-state index in [2.05, 4.69) is 25.0 Å². The molecule has 2 aliphatic rings. The number of hydrogen-bond acceptors (Lipinski definition) is 10. The molecule has 0 radical (unpaired) electrons. The summed E-state index contributed by atoms with van der Waals surface area (Å²) in [6.45, 7) is 0. The summed E-state index contributed by atoms with van der Waals surface area (Å²) in [6, 6.07) is 15.5. The second-order valence-corrected chi connectivity index (χ2v) is 12.6. The molecule has 46 heavy (non-hydrogen) atoms. The first-order valence-corrected chi connectivity index (χ1v) is 15.6. The van der Waals surface area contributed by atoms with E-state index < -0.39 is 0 Å². The number of carbonyl (C=O) groups is 1. The van der Waals surface area contributed by atoms with Crippen molar-refractivity contribution in [1.82, 2.24) is 39.5 Å². The molecule has 4 aromatic heterocycles. The van der Waals surface area contributed by atoms with Crippen LogP contribution in [0.4, 0.5) is 11.6 Å². The van der Waals surface area contributed by atoms with Crippen molar-refractivity contribution in [3.05, 3.63) is 93.7 Å². The van der Waals surface area contributed by atoms with Crippen molar-refractivity contribution in [1.29, 1.82) is 0 Å². The molecule has 5 N–H and O–H groups in total. The molecule has 6 aromatic rings. The number of rotatable bonds is 6. The molecule has 0 unspecified atom stereocenters. The Kier molecular flexibility index (Phi) is 8.01. The minimum absolute atomic E-state index is 0.0624. The van der Waals surface area contributed by atoms with Gasteiger partial charge in [-0.2, -0.15) is 10.2 Å². The number of nitrogen functional groups attached to an aromatic ring is 2. The van der Waals surface area contributed by atoms with Gasteiger partial charge in [-0.25, -0.2) is 29.3 Å². The number of fused-ring (bicyclic) bond motifs is 2. The number of nitrogens with zero attached hydrogens (tertiary/aromatic N) is 8. The van der Waals surface area contributed by atoms with Gasteiger partial charge in [0.1, 0.15) is 30.1 Å². The summed E-state index contributed by atoms with van der Waals surface area (Å²) in [6.07, 6.45) is 6.20. The molecule has 2 fully saturated rings. The monoisotopic (exact) mass is 656 g/mol. The number of anilines is 2. The maximum atomic E-state index is 11.3. The lowest BCUT2D eigenvalue weighted by atomic mass is 9.90. The molecule has 0 saturated heterocycles. The van der Waals surface area contributed by atoms with Crippen LogP contribution in [0, 0.1) is 0 Å². The van der Waals surface area contributed by atoms with Crippen LogP contribution in [0.5, 0.6) is 0 Å². The Balaban J connectivity index is 0.000000147. The Morgan fingerprint density at radius 2 is 1.22 bits per heavy atom. The molecule has 0 amide bonds. The van der Waals surface area contributed by atoms with Gasteiger partial charge in [-0.15, -0.1) is 0 Å². The van der Waals surface area contributed by atoms with Crippen LogP contribution >= 0.6 is 23.2 Å². The zero-order chi connectivity index (χ0) is 31.9. The molecule has 234 valence electrons. The van der Waals surface area contributed by atoms with E-state index in [0.29, 0.717) is 65.9 Å². The van der Waals surface area contributed by atoms with Crippen LogP contribution in [-0.2, 0) is 17.6 Å². The van der Waals surface area contributed by atoms with Gasteiger partial charge in [0.15, 0.2) is 11.3 Å². The summed E-state index contributed by atoms with van der Waals surface area (Å²) in [7, 11) is 0. The van der Waals surface area contributed by atoms with Crippen molar-refractivity contribution in [2.45, 2.75) is 56.7 Å². The maximum Gasteiger partial charge on any atom is 0.163 e. The predicted octanol–water partition coefficient (Wildman–Crippen LogP) is 4.91. The predicted molar refractivity (Wildman–Crippen MR) is 176 cm³/mol. The Morgan fingerprint density at radius 1 is 0.739 bits per heavy atom. The van der Waals surface area contributed by atoms with Crippen molar-refractivity contribution in [3.63, 3.8) is 0 Å². The van der Waals surface area contributed by atoms with E-state index in [1.165, 1.54) is 12.7 Å². The fraction of sp³-hybridized carbons (Fsp3) is 0.281. The third kappa shape index (κ3) is 5.86. The largest absolute Gasteiger partial charge is 0.393 e. The van der Waals surface area contributed by atoms with Crippen molar-refractivity contribution in [2.75, 3.05) is 11.5 Å². The van der Waals surface area contributed by atoms with Crippen molar-refractivity contribution < 1.29 is 9.90 Å². The molecule has 2 saturated carbocycles. The molecule has 14 heteroatoms. The smallest absolute Gasteiger partial charge is 0.163 e. The second kappa shape index (κ2) is 12.3. The number of aliphatic hydroxyl groups excluding tert-OH is 1. The standard InChI is InChI=1S/C16H16ClN5O.C16H14ClN5O/c2*17-10-3-1-2-9(4-10)5-13-14-15(18)19-8-20-16(14)22(21-13)11-6-12(23)7-11/h1-4,8,11-12,23H,5-7H2,(H2,18,19,20);1-4,8,11H,5-7H2,(H2,18,19,20). The number of aromatic nitrogens is 8. The lowest BCUT2D eigenvalue weighted by Gasteiger charge is -2.31. The molecule has 8 rings (SSSR count). The summed E-state index contributed by atoms with van der Waals surface area (Å²) >= 11 is 12.1. The molecule has 2 aliphatic carbocycles. The van der Waals surface area contributed by atoms with Crippen LogP contribution in [-0.4, -0.2) is 56.5 Å². The van der Waals surface area contributed by atoms with Crippen LogP contribution < -0.4 is 11.5 Å². The first-order valence-electron chi connectivity index (χ1n) is 14.9. The first kappa shape index (κ1) is 30.0. The summed E-state index contributed by atoms with van der Waals surface area (Å²) in [4.78, 5) is 28.2. The van der Waals surface area contributed by atoms with E-state index >= 15 is 0 Å². The summed E-state index contributed by atoms with van der Waals surface area (Å²) in [5.74, 6) is 1.08. The van der Waals surface area contributed by atoms with E-state index in [0.717, 1.165) is 38.9 Å². The highest BCUT2D eigenvalue weighted by Gasteiger charge is 2.33. The van der Waals surface area contributed by atoms with Gasteiger partial charge >= 0.3 is 0 Å². The number of hydrogen-bond donors (Lipinski definition) is 3. The van der Waals surface area contributed by atoms with Crippen LogP contribution in [0.2, 0.25) is 10.0 Å². The number of aliphatic hydroxyl groups is 1. The number of benzene rings is 2. The SMILES string of the molecule is Nc1ncnc2c1c(Cc1cccc(Cl)c1)nn2C1CC(=O)C1.Nc1ncnc2c1c(Cc1cccc(Cl)c1)nn2C1CC(O)C1. The van der Waals surface area contributed by atoms with Gasteiger partial charge in [0.2, 0.25) is 0 Å². The van der Waals surface area contributed by atoms with Crippen LogP contribution in [0.25, 0.3) is 22.1 Å². The Hall–Kier alpha value is -4.65. The van der Waals surface area contributed by atoms with E-state index in [1.807, 2.05) is 57.9 Å². The topological polar surface area (TPSA) is 177 Å². The number of ketones is 1. The molecule has 0 spiro atoms. The fourth-order valence-electron chi connectivity index (χ4n) is 5.97. The van der Waals surface area contributed by atoms with Gasteiger partial charge in [-0.3, -0.25) is 4.79 Å². The highest BCUT2D eigenvalue weighted by atomic mass is 35.5. The van der Waals surface area contributed by atoms with Crippen molar-refractivity contribution in [2.24, 2.45) is 0 Å². The second-order valence-electron chi connectivity index (χ2n) is 11.7. The van der Waals surface area contributed by atoms with Crippen molar-refractivity contribution >= 4 is 62.7 Å². The Morgan fingerprint density at radius 3 is 1.65 bits per heavy atom. The maximum absolute atomic E-state index is 11.3. The molecule has 2 aromatic carbocycles. The zero-order valence-electron chi connectivity index (χ0n) is 24.6. The van der Waals surface area contributed by atoms with Gasteiger partial charge in [0.05, 0.1) is 40.3 Å². The number of halogens is 2. The van der Waals surface area contributed by atoms with Gasteiger partial charge in [-0.05, 0) is 48.2 Å². The molecular weight excluding hydrogens is 627 g/mol. The molecule has 4 heterocycles. The lowest BCUT2D eigenvalue weighted by molar-refractivity contribution is -0.126. The quantitative estimate of drug-likeness (QED) is 0.223. The third-order valence-electron chi connectivity index (χ3n) is 8.41. The summed E-state index contributed by atoms with van der Waals surface area (Å²) in [5.41, 5.74) is 17.3. The Labute approximate surface area is 273 Å². The average molecular weight is 658 g/mol. The van der Waals surface area contributed by atoms with Crippen LogP contribution in [0.15, 0.2) is 61.2 Å². The van der Waals surface area contributed by atoms with E-state index in [1.54, 1.807) is 0 Å². The van der Waals surface area contributed by atoms with Gasteiger partial charge in [0.25, 0.3) is 0 Å². The highest BCUT2D eigenvalue weighted by molar-refractivity contribution is 6.30. The highest BCUT2D eigenvalue weighted by Crippen LogP contribution is 2.36. The van der Waals surface area contributed by atoms with E-state index in [-0.39, 0.29) is 24.0 Å². The minimum Gasteiger partial charge on any atom is -0.393 e. The molecule has 12 nitrogen and oxygen atoms in total. The third-order valence-corrected chi connectivity index (χ3v) is 8.88. The number of nitrogens with two attached hydrogens (primary N) is 2. The molecule has 0 bridgehead atoms. The molecular formula is C32H30Cl2N10O2. The van der Waals surface area contributed by atoms with Crippen LogP contribution in [0.3, 0.4) is 0 Å². The van der Waals surface area contributed by atoms with Gasteiger partial charge in [0, 0.05) is 35.7 Å². The normalized spacial score (nSPS) is 17.8. The van der Waals surface area contributed by atoms with E-state index in [4.69, 9.17) is 39.8 Å². The zero-order valence-corrected chi connectivity index (χ0v) is 26.1. The first-order chi connectivity index (χ1) is 22.2.